The molecule has 0 saturated carbocycles. The van der Waals surface area contributed by atoms with Gasteiger partial charge in [-0.3, -0.25) is 4.79 Å². The Hall–Kier alpha value is -2.28. The third-order valence-corrected chi connectivity index (χ3v) is 2.70. The summed E-state index contributed by atoms with van der Waals surface area (Å²) in [6.07, 6.45) is 0. The van der Waals surface area contributed by atoms with Crippen LogP contribution in [-0.4, -0.2) is 36.2 Å². The lowest BCUT2D eigenvalue weighted by Gasteiger charge is -2.20. The number of ether oxygens (including phenoxy) is 2. The second-order valence-electron chi connectivity index (χ2n) is 4.12. The largest absolute Gasteiger partial charge is 0.486 e. The monoisotopic (exact) mass is 266 g/mol. The van der Waals surface area contributed by atoms with Gasteiger partial charge in [0.15, 0.2) is 17.5 Å². The molecule has 0 aliphatic carbocycles. The maximum absolute atomic E-state index is 11.6. The molecule has 0 bridgehead atoms. The normalized spacial score (nSPS) is 14.6. The van der Waals surface area contributed by atoms with E-state index in [1.54, 1.807) is 19.1 Å². The molecule has 2 rings (SSSR count). The molecule has 0 aromatic heterocycles. The molecule has 1 amide bonds. The number of carboxylic acid groups (broad SMARTS) is 1. The Bertz CT molecular complexity index is 529. The van der Waals surface area contributed by atoms with Crippen molar-refractivity contribution in [1.82, 2.24) is 0 Å². The van der Waals surface area contributed by atoms with Crippen LogP contribution in [0.25, 0.3) is 0 Å². The zero-order valence-electron chi connectivity index (χ0n) is 10.3. The van der Waals surface area contributed by atoms with Gasteiger partial charge >= 0.3 is 5.97 Å². The maximum Gasteiger partial charge on any atom is 0.330 e. The number of carbonyl (C=O) groups excluding carboxylic acids is 1. The Morgan fingerprint density at radius 1 is 1.32 bits per heavy atom. The summed E-state index contributed by atoms with van der Waals surface area (Å²) < 4.78 is 10.8. The number of amides is 1. The molecule has 7 heteroatoms. The van der Waals surface area contributed by atoms with Gasteiger partial charge in [-0.15, -0.1) is 0 Å². The van der Waals surface area contributed by atoms with Gasteiger partial charge in [0.2, 0.25) is 0 Å². The minimum Gasteiger partial charge on any atom is -0.486 e. The highest BCUT2D eigenvalue weighted by atomic mass is 16.6. The summed E-state index contributed by atoms with van der Waals surface area (Å²) in [5, 5.41) is 11.1. The van der Waals surface area contributed by atoms with E-state index < -0.39 is 17.9 Å². The van der Waals surface area contributed by atoms with E-state index in [0.29, 0.717) is 30.4 Å². The molecule has 1 atom stereocenters. The van der Waals surface area contributed by atoms with Crippen LogP contribution in [0, 0.1) is 6.92 Å². The average Bonchev–Trinajstić information content (AvgIpc) is 2.38. The number of nitrogens with one attached hydrogen (secondary N) is 1. The first-order valence-corrected chi connectivity index (χ1v) is 5.68. The van der Waals surface area contributed by atoms with Gasteiger partial charge in [-0.25, -0.2) is 4.79 Å². The summed E-state index contributed by atoms with van der Waals surface area (Å²) in [5.41, 5.74) is 6.41. The van der Waals surface area contributed by atoms with Crippen molar-refractivity contribution in [3.8, 4) is 11.5 Å². The van der Waals surface area contributed by atoms with Gasteiger partial charge in [-0.2, -0.15) is 0 Å². The van der Waals surface area contributed by atoms with Crippen LogP contribution >= 0.6 is 0 Å². The second kappa shape index (κ2) is 5.15. The van der Waals surface area contributed by atoms with Crippen molar-refractivity contribution >= 4 is 17.6 Å². The summed E-state index contributed by atoms with van der Waals surface area (Å²) in [7, 11) is 0. The first kappa shape index (κ1) is 13.2. The number of carboxylic acids is 1. The smallest absolute Gasteiger partial charge is 0.330 e. The van der Waals surface area contributed by atoms with Crippen LogP contribution in [0.2, 0.25) is 0 Å². The van der Waals surface area contributed by atoms with E-state index in [0.717, 1.165) is 5.56 Å². The number of aryl methyl sites for hydroxylation is 1. The van der Waals surface area contributed by atoms with Crippen molar-refractivity contribution in [3.63, 3.8) is 0 Å². The van der Waals surface area contributed by atoms with Crippen LogP contribution in [0.3, 0.4) is 0 Å². The van der Waals surface area contributed by atoms with Gasteiger partial charge in [0, 0.05) is 11.8 Å². The van der Waals surface area contributed by atoms with Gasteiger partial charge in [0.1, 0.15) is 13.2 Å². The fraction of sp³-hybridized carbons (Fsp3) is 0.333. The van der Waals surface area contributed by atoms with E-state index in [9.17, 15) is 9.59 Å². The molecule has 1 unspecified atom stereocenters. The number of rotatable bonds is 3. The Morgan fingerprint density at radius 3 is 2.47 bits per heavy atom. The molecule has 19 heavy (non-hydrogen) atoms. The van der Waals surface area contributed by atoms with E-state index in [-0.39, 0.29) is 0 Å². The number of anilines is 1. The van der Waals surface area contributed by atoms with E-state index in [4.69, 9.17) is 20.3 Å². The highest BCUT2D eigenvalue weighted by Gasteiger charge is 2.22. The molecule has 0 fully saturated rings. The first-order valence-electron chi connectivity index (χ1n) is 5.68. The number of benzene rings is 1. The summed E-state index contributed by atoms with van der Waals surface area (Å²) in [6.45, 7) is 2.67. The van der Waals surface area contributed by atoms with Crippen LogP contribution in [0.4, 0.5) is 5.69 Å². The van der Waals surface area contributed by atoms with Crippen LogP contribution in [0.1, 0.15) is 5.56 Å². The molecular formula is C12H14N2O5. The predicted molar refractivity (Wildman–Crippen MR) is 66.4 cm³/mol. The Morgan fingerprint density at radius 2 is 1.89 bits per heavy atom. The van der Waals surface area contributed by atoms with E-state index >= 15 is 0 Å². The topological polar surface area (TPSA) is 111 Å². The number of aliphatic carboxylic acids is 1. The van der Waals surface area contributed by atoms with Crippen molar-refractivity contribution in [1.29, 1.82) is 0 Å². The van der Waals surface area contributed by atoms with E-state index in [1.807, 2.05) is 0 Å². The summed E-state index contributed by atoms with van der Waals surface area (Å²) in [4.78, 5) is 22.2. The highest BCUT2D eigenvalue weighted by Crippen LogP contribution is 2.35. The van der Waals surface area contributed by atoms with Crippen molar-refractivity contribution in [2.45, 2.75) is 13.0 Å². The molecule has 7 nitrogen and oxygen atoms in total. The number of hydrogen-bond donors (Lipinski definition) is 3. The highest BCUT2D eigenvalue weighted by molar-refractivity contribution is 6.07. The molecule has 1 aromatic carbocycles. The lowest BCUT2D eigenvalue weighted by Crippen LogP contribution is -2.42. The van der Waals surface area contributed by atoms with Crippen molar-refractivity contribution < 1.29 is 24.2 Å². The molecule has 1 aliphatic heterocycles. The fourth-order valence-electron chi connectivity index (χ4n) is 1.65. The second-order valence-corrected chi connectivity index (χ2v) is 4.12. The van der Waals surface area contributed by atoms with Crippen molar-refractivity contribution in [2.75, 3.05) is 18.5 Å². The first-order chi connectivity index (χ1) is 8.99. The van der Waals surface area contributed by atoms with Gasteiger partial charge in [0.25, 0.3) is 5.91 Å². The third kappa shape index (κ3) is 2.76. The molecule has 102 valence electrons. The summed E-state index contributed by atoms with van der Waals surface area (Å²) >= 11 is 0. The predicted octanol–water partition coefficient (Wildman–Crippen LogP) is 0.117. The van der Waals surface area contributed by atoms with Crippen LogP contribution in [-0.2, 0) is 9.59 Å². The number of nitrogens with two attached hydrogens (primary N) is 1. The van der Waals surface area contributed by atoms with Gasteiger partial charge in [0.05, 0.1) is 0 Å². The molecule has 0 spiro atoms. The molecule has 0 saturated heterocycles. The quantitative estimate of drug-likeness (QED) is 0.670. The zero-order valence-corrected chi connectivity index (χ0v) is 10.3. The van der Waals surface area contributed by atoms with Gasteiger partial charge in [-0.1, -0.05) is 0 Å². The van der Waals surface area contributed by atoms with Gasteiger partial charge < -0.3 is 25.6 Å². The SMILES string of the molecule is Cc1cc2c(cc1NC(=O)C(N)C(=O)O)OCCO2. The molecule has 4 N–H and O–H groups in total. The number of fused-ring (bicyclic) bond motifs is 1. The standard InChI is InChI=1S/C12H14N2O5/c1-6-4-8-9(19-3-2-18-8)5-7(6)14-11(15)10(13)12(16)17/h4-5,10H,2-3,13H2,1H3,(H,14,15)(H,16,17). The lowest BCUT2D eigenvalue weighted by atomic mass is 10.1. The van der Waals surface area contributed by atoms with Crippen LogP contribution in [0.5, 0.6) is 11.5 Å². The molecule has 1 aliphatic rings. The zero-order chi connectivity index (χ0) is 14.0. The van der Waals surface area contributed by atoms with Crippen LogP contribution < -0.4 is 20.5 Å². The van der Waals surface area contributed by atoms with Crippen LogP contribution in [0.15, 0.2) is 12.1 Å². The molecule has 1 heterocycles. The summed E-state index contributed by atoms with van der Waals surface area (Å²) in [6, 6.07) is 1.71. The van der Waals surface area contributed by atoms with E-state index in [2.05, 4.69) is 5.32 Å². The van der Waals surface area contributed by atoms with E-state index in [1.165, 1.54) is 0 Å². The van der Waals surface area contributed by atoms with Crippen molar-refractivity contribution in [2.24, 2.45) is 5.73 Å². The lowest BCUT2D eigenvalue weighted by molar-refractivity contribution is -0.141. The molecule has 0 radical (unpaired) electrons. The van der Waals surface area contributed by atoms with Gasteiger partial charge in [-0.05, 0) is 18.6 Å². The van der Waals surface area contributed by atoms with Crippen molar-refractivity contribution in [3.05, 3.63) is 17.7 Å². The third-order valence-electron chi connectivity index (χ3n) is 2.70. The minimum absolute atomic E-state index is 0.429. The average molecular weight is 266 g/mol. The molecular weight excluding hydrogens is 252 g/mol. The Kier molecular flexibility index (Phi) is 3.57. The Balaban J connectivity index is 2.21. The summed E-state index contributed by atoms with van der Waals surface area (Å²) in [5.74, 6) is -1.06. The number of hydrogen-bond acceptors (Lipinski definition) is 5. The number of carbonyl (C=O) groups is 2. The molecule has 1 aromatic rings. The fourth-order valence-corrected chi connectivity index (χ4v) is 1.65. The maximum atomic E-state index is 11.6. The Labute approximate surface area is 109 Å². The minimum atomic E-state index is -1.60.